The summed E-state index contributed by atoms with van der Waals surface area (Å²) in [6, 6.07) is 7.27. The summed E-state index contributed by atoms with van der Waals surface area (Å²) < 4.78 is 5.35. The lowest BCUT2D eigenvalue weighted by Gasteiger charge is -2.06. The molecule has 0 spiro atoms. The van der Waals surface area contributed by atoms with Gasteiger partial charge in [0.1, 0.15) is 5.58 Å². The summed E-state index contributed by atoms with van der Waals surface area (Å²) in [5.41, 5.74) is 1.27. The number of hydrogen-bond donors (Lipinski definition) is 2. The molecule has 0 aliphatic heterocycles. The molecule has 0 bridgehead atoms. The maximum atomic E-state index is 11.2. The van der Waals surface area contributed by atoms with Crippen LogP contribution >= 0.6 is 11.8 Å². The number of carboxylic acid groups (broad SMARTS) is 1. The third kappa shape index (κ3) is 2.52. The van der Waals surface area contributed by atoms with Crippen molar-refractivity contribution in [1.82, 2.24) is 0 Å². The van der Waals surface area contributed by atoms with Crippen LogP contribution in [0.1, 0.15) is 23.0 Å². The number of aliphatic hydroxyl groups excluding tert-OH is 1. The van der Waals surface area contributed by atoms with Crippen molar-refractivity contribution in [3.05, 3.63) is 35.6 Å². The molecular weight excluding hydrogens is 252 g/mol. The second-order valence-electron chi connectivity index (χ2n) is 4.02. The van der Waals surface area contributed by atoms with Crippen LogP contribution in [0, 0.1) is 0 Å². The van der Waals surface area contributed by atoms with Gasteiger partial charge in [0, 0.05) is 22.0 Å². The first-order chi connectivity index (χ1) is 8.63. The number of hydrogen-bond acceptors (Lipinski definition) is 4. The second kappa shape index (κ2) is 5.46. The standard InChI is InChI=1S/C13H14O4S/c1-8(6-14)18-7-10-9-4-2-3-5-11(9)17-12(10)13(15)16/h2-5,8,14H,6-7H2,1H3,(H,15,16). The molecule has 0 saturated carbocycles. The Kier molecular flexibility index (Phi) is 3.93. The average molecular weight is 266 g/mol. The topological polar surface area (TPSA) is 70.7 Å². The molecule has 1 heterocycles. The number of aliphatic hydroxyl groups is 1. The lowest BCUT2D eigenvalue weighted by atomic mass is 10.1. The summed E-state index contributed by atoms with van der Waals surface area (Å²) in [4.78, 5) is 11.2. The zero-order valence-corrected chi connectivity index (χ0v) is 10.7. The van der Waals surface area contributed by atoms with Gasteiger partial charge in [-0.1, -0.05) is 25.1 Å². The molecule has 0 saturated heterocycles. The second-order valence-corrected chi connectivity index (χ2v) is 5.44. The predicted octanol–water partition coefficient (Wildman–Crippen LogP) is 2.75. The Bertz CT molecular complexity index is 561. The molecule has 18 heavy (non-hydrogen) atoms. The summed E-state index contributed by atoms with van der Waals surface area (Å²) in [6.07, 6.45) is 0. The van der Waals surface area contributed by atoms with Gasteiger partial charge in [0.15, 0.2) is 0 Å². The number of carbonyl (C=O) groups is 1. The highest BCUT2D eigenvalue weighted by Crippen LogP contribution is 2.30. The Hall–Kier alpha value is -1.46. The molecule has 1 unspecified atom stereocenters. The van der Waals surface area contributed by atoms with Gasteiger partial charge < -0.3 is 14.6 Å². The summed E-state index contributed by atoms with van der Waals surface area (Å²) in [5.74, 6) is -0.548. The van der Waals surface area contributed by atoms with E-state index in [1.165, 1.54) is 11.8 Å². The highest BCUT2D eigenvalue weighted by molar-refractivity contribution is 7.99. The summed E-state index contributed by atoms with van der Waals surface area (Å²) in [5, 5.41) is 19.0. The largest absolute Gasteiger partial charge is 0.475 e. The van der Waals surface area contributed by atoms with Gasteiger partial charge in [-0.2, -0.15) is 11.8 Å². The maximum absolute atomic E-state index is 11.2. The summed E-state index contributed by atoms with van der Waals surface area (Å²) in [6.45, 7) is 1.97. The molecule has 0 fully saturated rings. The highest BCUT2D eigenvalue weighted by atomic mass is 32.2. The number of thioether (sulfide) groups is 1. The van der Waals surface area contributed by atoms with E-state index in [4.69, 9.17) is 14.6 Å². The first-order valence-corrected chi connectivity index (χ1v) is 6.64. The molecule has 5 heteroatoms. The van der Waals surface area contributed by atoms with Gasteiger partial charge in [0.2, 0.25) is 5.76 Å². The molecule has 1 aromatic carbocycles. The molecule has 2 aromatic rings. The van der Waals surface area contributed by atoms with Crippen LogP contribution < -0.4 is 0 Å². The lowest BCUT2D eigenvalue weighted by Crippen LogP contribution is -2.04. The highest BCUT2D eigenvalue weighted by Gasteiger charge is 2.20. The van der Waals surface area contributed by atoms with Gasteiger partial charge >= 0.3 is 5.97 Å². The Morgan fingerprint density at radius 2 is 2.17 bits per heavy atom. The molecule has 0 aliphatic carbocycles. The van der Waals surface area contributed by atoms with Crippen LogP contribution in [0.4, 0.5) is 0 Å². The Labute approximate surface area is 109 Å². The van der Waals surface area contributed by atoms with Gasteiger partial charge in [-0.25, -0.2) is 4.79 Å². The molecule has 0 aliphatic rings. The van der Waals surface area contributed by atoms with Gasteiger partial charge in [-0.05, 0) is 6.07 Å². The number of benzene rings is 1. The van der Waals surface area contributed by atoms with Crippen LogP contribution in [0.2, 0.25) is 0 Å². The SMILES string of the molecule is CC(CO)SCc1c(C(=O)O)oc2ccccc12. The molecule has 0 amide bonds. The van der Waals surface area contributed by atoms with Crippen LogP contribution in [-0.2, 0) is 5.75 Å². The molecule has 0 radical (unpaired) electrons. The Morgan fingerprint density at radius 3 is 2.83 bits per heavy atom. The average Bonchev–Trinajstić information content (AvgIpc) is 2.75. The first-order valence-electron chi connectivity index (χ1n) is 5.59. The normalized spacial score (nSPS) is 12.8. The molecule has 1 aromatic heterocycles. The number of rotatable bonds is 5. The van der Waals surface area contributed by atoms with Gasteiger partial charge in [-0.3, -0.25) is 0 Å². The Morgan fingerprint density at radius 1 is 1.44 bits per heavy atom. The van der Waals surface area contributed by atoms with Crippen molar-refractivity contribution in [2.75, 3.05) is 6.61 Å². The van der Waals surface area contributed by atoms with Crippen molar-refractivity contribution in [3.63, 3.8) is 0 Å². The fourth-order valence-corrected chi connectivity index (χ4v) is 2.54. The fourth-order valence-electron chi connectivity index (χ4n) is 1.69. The van der Waals surface area contributed by atoms with Crippen LogP contribution in [0.5, 0.6) is 0 Å². The monoisotopic (exact) mass is 266 g/mol. The minimum Gasteiger partial charge on any atom is -0.475 e. The van der Waals surface area contributed by atoms with Gasteiger partial charge in [0.05, 0.1) is 6.61 Å². The molecule has 1 atom stereocenters. The van der Waals surface area contributed by atoms with E-state index in [2.05, 4.69) is 0 Å². The van der Waals surface area contributed by atoms with Gasteiger partial charge in [0.25, 0.3) is 0 Å². The smallest absolute Gasteiger partial charge is 0.372 e. The predicted molar refractivity (Wildman–Crippen MR) is 71.0 cm³/mol. The van der Waals surface area contributed by atoms with E-state index in [1.54, 1.807) is 6.07 Å². The zero-order valence-electron chi connectivity index (χ0n) is 9.92. The van der Waals surface area contributed by atoms with Crippen LogP contribution in [-0.4, -0.2) is 28.0 Å². The van der Waals surface area contributed by atoms with E-state index < -0.39 is 5.97 Å². The van der Waals surface area contributed by atoms with Crippen molar-refractivity contribution in [3.8, 4) is 0 Å². The minimum atomic E-state index is -1.06. The molecule has 96 valence electrons. The van der Waals surface area contributed by atoms with E-state index in [0.717, 1.165) is 5.39 Å². The number of fused-ring (bicyclic) bond motifs is 1. The van der Waals surface area contributed by atoms with Crippen LogP contribution in [0.15, 0.2) is 28.7 Å². The van der Waals surface area contributed by atoms with Crippen LogP contribution in [0.3, 0.4) is 0 Å². The summed E-state index contributed by atoms with van der Waals surface area (Å²) >= 11 is 1.51. The number of furan rings is 1. The van der Waals surface area contributed by atoms with E-state index in [0.29, 0.717) is 16.9 Å². The molecule has 4 nitrogen and oxygen atoms in total. The maximum Gasteiger partial charge on any atom is 0.372 e. The molecule has 2 N–H and O–H groups in total. The van der Waals surface area contributed by atoms with Crippen molar-refractivity contribution in [1.29, 1.82) is 0 Å². The van der Waals surface area contributed by atoms with Crippen molar-refractivity contribution >= 4 is 28.7 Å². The quantitative estimate of drug-likeness (QED) is 0.870. The minimum absolute atomic E-state index is 0.00570. The van der Waals surface area contributed by atoms with E-state index in [1.807, 2.05) is 25.1 Å². The number of para-hydroxylation sites is 1. The van der Waals surface area contributed by atoms with Crippen LogP contribution in [0.25, 0.3) is 11.0 Å². The lowest BCUT2D eigenvalue weighted by molar-refractivity contribution is 0.0664. The summed E-state index contributed by atoms with van der Waals surface area (Å²) in [7, 11) is 0. The van der Waals surface area contributed by atoms with E-state index in [9.17, 15) is 4.79 Å². The fraction of sp³-hybridized carbons (Fsp3) is 0.308. The first kappa shape index (κ1) is 13.0. The third-order valence-corrected chi connectivity index (χ3v) is 3.84. The molecule has 2 rings (SSSR count). The van der Waals surface area contributed by atoms with Crippen molar-refractivity contribution < 1.29 is 19.4 Å². The van der Waals surface area contributed by atoms with E-state index >= 15 is 0 Å². The molecular formula is C13H14O4S. The van der Waals surface area contributed by atoms with E-state index in [-0.39, 0.29) is 17.6 Å². The third-order valence-electron chi connectivity index (χ3n) is 2.66. The number of carboxylic acids is 1. The van der Waals surface area contributed by atoms with Crippen molar-refractivity contribution in [2.45, 2.75) is 17.9 Å². The van der Waals surface area contributed by atoms with Crippen molar-refractivity contribution in [2.24, 2.45) is 0 Å². The van der Waals surface area contributed by atoms with Gasteiger partial charge in [-0.15, -0.1) is 0 Å². The number of aromatic carboxylic acids is 1. The Balaban J connectivity index is 2.39. The zero-order chi connectivity index (χ0) is 13.1.